The Morgan fingerprint density at radius 2 is 1.61 bits per heavy atom. The Bertz CT molecular complexity index is 313. The van der Waals surface area contributed by atoms with Gasteiger partial charge in [-0.2, -0.15) is 26.3 Å². The van der Waals surface area contributed by atoms with Gasteiger partial charge in [-0.3, -0.25) is 4.79 Å². The number of likely N-dealkylation sites (N-methyl/N-ethyl adjacent to an activating group) is 1. The molecule has 0 heterocycles. The van der Waals surface area contributed by atoms with Crippen LogP contribution in [0.1, 0.15) is 6.92 Å². The number of alkyl halides is 6. The van der Waals surface area contributed by atoms with Crippen LogP contribution in [-0.4, -0.2) is 41.2 Å². The smallest absolute Gasteiger partial charge is 0.392 e. The second-order valence-corrected chi connectivity index (χ2v) is 3.86. The zero-order valence-corrected chi connectivity index (χ0v) is 9.92. The second kappa shape index (κ2) is 5.72. The molecule has 0 unspecified atom stereocenters. The van der Waals surface area contributed by atoms with E-state index in [2.05, 4.69) is 12.2 Å². The van der Waals surface area contributed by atoms with Crippen molar-refractivity contribution in [3.63, 3.8) is 0 Å². The Hall–Kier alpha value is -1.06. The van der Waals surface area contributed by atoms with Crippen molar-refractivity contribution >= 4 is 23.1 Å². The molecule has 3 nitrogen and oxygen atoms in total. The summed E-state index contributed by atoms with van der Waals surface area (Å²) in [6, 6.07) is 0. The van der Waals surface area contributed by atoms with Crippen molar-refractivity contribution in [2.75, 3.05) is 13.1 Å². The van der Waals surface area contributed by atoms with Gasteiger partial charge in [-0.05, 0) is 6.92 Å². The van der Waals surface area contributed by atoms with Crippen molar-refractivity contribution in [3.8, 4) is 0 Å². The highest BCUT2D eigenvalue weighted by Crippen LogP contribution is 2.40. The monoisotopic (exact) mass is 296 g/mol. The molecule has 18 heavy (non-hydrogen) atoms. The average Bonchev–Trinajstić information content (AvgIpc) is 2.08. The summed E-state index contributed by atoms with van der Waals surface area (Å²) in [5.41, 5.74) is 5.00. The minimum absolute atomic E-state index is 0.313. The van der Waals surface area contributed by atoms with Crippen LogP contribution in [0.5, 0.6) is 0 Å². The van der Waals surface area contributed by atoms with Crippen LogP contribution >= 0.6 is 12.2 Å². The summed E-state index contributed by atoms with van der Waals surface area (Å²) < 4.78 is 73.6. The van der Waals surface area contributed by atoms with Crippen LogP contribution in [0.2, 0.25) is 0 Å². The zero-order valence-electron chi connectivity index (χ0n) is 9.10. The quantitative estimate of drug-likeness (QED) is 0.636. The van der Waals surface area contributed by atoms with Crippen LogP contribution in [0.4, 0.5) is 26.3 Å². The van der Waals surface area contributed by atoms with Crippen molar-refractivity contribution in [3.05, 3.63) is 0 Å². The molecule has 0 spiro atoms. The normalized spacial score (nSPS) is 12.7. The van der Waals surface area contributed by atoms with E-state index in [9.17, 15) is 31.1 Å². The van der Waals surface area contributed by atoms with Crippen molar-refractivity contribution in [2.45, 2.75) is 19.3 Å². The van der Waals surface area contributed by atoms with Gasteiger partial charge in [0.2, 0.25) is 11.8 Å². The fraction of sp³-hybridized carbons (Fsp3) is 0.750. The molecule has 10 heteroatoms. The molecule has 0 saturated carbocycles. The van der Waals surface area contributed by atoms with Gasteiger partial charge in [0.25, 0.3) is 0 Å². The van der Waals surface area contributed by atoms with E-state index in [1.807, 2.05) is 0 Å². The van der Waals surface area contributed by atoms with Crippen LogP contribution in [-0.2, 0) is 4.79 Å². The molecule has 0 saturated heterocycles. The summed E-state index contributed by atoms with van der Waals surface area (Å²) in [5.74, 6) is -6.16. The minimum Gasteiger partial charge on any atom is -0.392 e. The molecule has 0 aromatic carbocycles. The number of halogens is 6. The van der Waals surface area contributed by atoms with E-state index >= 15 is 0 Å². The Morgan fingerprint density at radius 1 is 1.22 bits per heavy atom. The Kier molecular flexibility index (Phi) is 5.38. The predicted octanol–water partition coefficient (Wildman–Crippen LogP) is 1.86. The van der Waals surface area contributed by atoms with Gasteiger partial charge in [-0.15, -0.1) is 0 Å². The van der Waals surface area contributed by atoms with Crippen LogP contribution in [0.3, 0.4) is 0 Å². The standard InChI is InChI=1S/C8H10F6N2OS/c1-2-16(3-4(15)18)6(17)5(7(9,10)11)8(12,13)14/h5H,2-3H2,1H3,(H2,15,18). The maximum atomic E-state index is 12.3. The van der Waals surface area contributed by atoms with Crippen molar-refractivity contribution in [1.82, 2.24) is 4.90 Å². The van der Waals surface area contributed by atoms with Gasteiger partial charge in [0.15, 0.2) is 0 Å². The maximum Gasteiger partial charge on any atom is 0.409 e. The highest BCUT2D eigenvalue weighted by atomic mass is 32.1. The van der Waals surface area contributed by atoms with E-state index in [0.29, 0.717) is 4.90 Å². The fourth-order valence-corrected chi connectivity index (χ4v) is 1.34. The van der Waals surface area contributed by atoms with Crippen molar-refractivity contribution in [1.29, 1.82) is 0 Å². The van der Waals surface area contributed by atoms with Gasteiger partial charge < -0.3 is 10.6 Å². The van der Waals surface area contributed by atoms with Crippen LogP contribution in [0.25, 0.3) is 0 Å². The van der Waals surface area contributed by atoms with Crippen LogP contribution < -0.4 is 5.73 Å². The molecule has 0 rings (SSSR count). The third kappa shape index (κ3) is 4.67. The number of nitrogens with two attached hydrogens (primary N) is 1. The first-order valence-electron chi connectivity index (χ1n) is 4.61. The number of carbonyl (C=O) groups excluding carboxylic acids is 1. The summed E-state index contributed by atoms with van der Waals surface area (Å²) >= 11 is 4.35. The molecule has 106 valence electrons. The topological polar surface area (TPSA) is 46.3 Å². The SMILES string of the molecule is CCN(CC(N)=S)C(=O)C(C(F)(F)F)C(F)(F)F. The molecule has 0 bridgehead atoms. The highest BCUT2D eigenvalue weighted by Gasteiger charge is 2.61. The van der Waals surface area contributed by atoms with Gasteiger partial charge >= 0.3 is 12.4 Å². The van der Waals surface area contributed by atoms with Gasteiger partial charge in [0.05, 0.1) is 11.5 Å². The first kappa shape index (κ1) is 16.9. The first-order chi connectivity index (χ1) is 7.91. The molecular formula is C8H10F6N2OS. The van der Waals surface area contributed by atoms with Gasteiger partial charge in [0.1, 0.15) is 0 Å². The van der Waals surface area contributed by atoms with Gasteiger partial charge in [0, 0.05) is 6.54 Å². The third-order valence-corrected chi connectivity index (χ3v) is 2.07. The number of rotatable bonds is 4. The summed E-state index contributed by atoms with van der Waals surface area (Å²) in [5, 5.41) is 0. The first-order valence-corrected chi connectivity index (χ1v) is 5.02. The molecule has 0 fully saturated rings. The molecule has 0 aliphatic heterocycles. The summed E-state index contributed by atoms with van der Waals surface area (Å²) in [4.78, 5) is 11.2. The van der Waals surface area contributed by atoms with Crippen LogP contribution in [0, 0.1) is 5.92 Å². The summed E-state index contributed by atoms with van der Waals surface area (Å²) in [6.45, 7) is 0.228. The largest absolute Gasteiger partial charge is 0.409 e. The number of amides is 1. The van der Waals surface area contributed by atoms with Crippen molar-refractivity contribution < 1.29 is 31.1 Å². The number of nitrogens with zero attached hydrogens (tertiary/aromatic N) is 1. The average molecular weight is 296 g/mol. The molecule has 0 aliphatic carbocycles. The van der Waals surface area contributed by atoms with E-state index in [1.54, 1.807) is 0 Å². The Labute approximate surface area is 104 Å². The summed E-state index contributed by atoms with van der Waals surface area (Å²) in [7, 11) is 0. The lowest BCUT2D eigenvalue weighted by Crippen LogP contribution is -2.51. The van der Waals surface area contributed by atoms with Gasteiger partial charge in [-0.1, -0.05) is 12.2 Å². The number of thiocarbonyl (C=S) groups is 1. The molecule has 2 N–H and O–H groups in total. The Morgan fingerprint density at radius 3 is 1.83 bits per heavy atom. The van der Waals surface area contributed by atoms with E-state index in [1.165, 1.54) is 6.92 Å². The van der Waals surface area contributed by atoms with Crippen LogP contribution in [0.15, 0.2) is 0 Å². The van der Waals surface area contributed by atoms with Gasteiger partial charge in [-0.25, -0.2) is 0 Å². The lowest BCUT2D eigenvalue weighted by Gasteiger charge is -2.28. The molecule has 0 radical (unpaired) electrons. The fourth-order valence-electron chi connectivity index (χ4n) is 1.18. The van der Waals surface area contributed by atoms with E-state index < -0.39 is 30.7 Å². The lowest BCUT2D eigenvalue weighted by atomic mass is 10.1. The Balaban J connectivity index is 5.25. The molecule has 1 amide bonds. The van der Waals surface area contributed by atoms with E-state index in [4.69, 9.17) is 5.73 Å². The number of hydrogen-bond acceptors (Lipinski definition) is 2. The molecular weight excluding hydrogens is 286 g/mol. The van der Waals surface area contributed by atoms with Crippen molar-refractivity contribution in [2.24, 2.45) is 11.7 Å². The highest BCUT2D eigenvalue weighted by molar-refractivity contribution is 7.80. The molecule has 0 atom stereocenters. The van der Waals surface area contributed by atoms with E-state index in [0.717, 1.165) is 0 Å². The van der Waals surface area contributed by atoms with E-state index in [-0.39, 0.29) is 11.5 Å². The third-order valence-electron chi connectivity index (χ3n) is 1.94. The molecule has 0 aromatic rings. The predicted molar refractivity (Wildman–Crippen MR) is 54.6 cm³/mol. The zero-order chi connectivity index (χ0) is 14.7. The maximum absolute atomic E-state index is 12.3. The number of hydrogen-bond donors (Lipinski definition) is 1. The summed E-state index contributed by atoms with van der Waals surface area (Å²) in [6.07, 6.45) is -11.4. The second-order valence-electron chi connectivity index (χ2n) is 3.33. The lowest BCUT2D eigenvalue weighted by molar-refractivity contribution is -0.277. The number of carbonyl (C=O) groups is 1. The molecule has 0 aliphatic rings. The molecule has 0 aromatic heterocycles. The minimum atomic E-state index is -5.71.